The molecule has 5 aromatic rings. The van der Waals surface area contributed by atoms with Gasteiger partial charge in [0, 0.05) is 21.6 Å². The number of nitrogens with zero attached hydrogens (tertiary/aromatic N) is 2. The van der Waals surface area contributed by atoms with Crippen molar-refractivity contribution in [3.8, 4) is 28.1 Å². The highest BCUT2D eigenvalue weighted by molar-refractivity contribution is 9.10. The molecule has 2 aliphatic heterocycles. The van der Waals surface area contributed by atoms with Gasteiger partial charge in [-0.1, -0.05) is 82.7 Å². The Hall–Kier alpha value is -4.10. The van der Waals surface area contributed by atoms with Crippen molar-refractivity contribution in [2.24, 2.45) is 0 Å². The summed E-state index contributed by atoms with van der Waals surface area (Å²) in [4.78, 5) is 22.1. The summed E-state index contributed by atoms with van der Waals surface area (Å²) in [5, 5.41) is 12.4. The molecule has 0 spiro atoms. The summed E-state index contributed by atoms with van der Waals surface area (Å²) in [6.45, 7) is 0.514. The van der Waals surface area contributed by atoms with Crippen LogP contribution in [-0.2, 0) is 13.0 Å². The van der Waals surface area contributed by atoms with Gasteiger partial charge in [0.25, 0.3) is 0 Å². The Morgan fingerprint density at radius 1 is 1.03 bits per heavy atom. The van der Waals surface area contributed by atoms with Crippen molar-refractivity contribution < 1.29 is 14.6 Å². The highest BCUT2D eigenvalue weighted by atomic mass is 79.9. The Labute approximate surface area is 234 Å². The molecule has 7 heteroatoms. The summed E-state index contributed by atoms with van der Waals surface area (Å²) in [5.74, 6) is 1.56. The van der Waals surface area contributed by atoms with Gasteiger partial charge in [-0.05, 0) is 58.9 Å². The van der Waals surface area contributed by atoms with Crippen LogP contribution in [-0.4, -0.2) is 32.1 Å². The summed E-state index contributed by atoms with van der Waals surface area (Å²) < 4.78 is 7.15. The predicted molar refractivity (Wildman–Crippen MR) is 155 cm³/mol. The van der Waals surface area contributed by atoms with Crippen LogP contribution in [0, 0.1) is 0 Å². The lowest BCUT2D eigenvalue weighted by atomic mass is 9.90. The molecule has 2 unspecified atom stereocenters. The van der Waals surface area contributed by atoms with Crippen molar-refractivity contribution >= 4 is 32.8 Å². The number of H-pyrrole nitrogens is 1. The SMILES string of the molecule is O=C(O)N1C(Cc2ccccc2)CCC1c1ncc(-c2ccc3c(c2)-c2c(cc(Br)c4ccccc24)OC3)[nH]1. The van der Waals surface area contributed by atoms with E-state index in [1.165, 1.54) is 0 Å². The molecule has 1 amide bonds. The smallest absolute Gasteiger partial charge is 0.408 e. The van der Waals surface area contributed by atoms with Crippen molar-refractivity contribution in [2.45, 2.75) is 38.0 Å². The Kier molecular flexibility index (Phi) is 5.89. The zero-order valence-corrected chi connectivity index (χ0v) is 22.7. The zero-order valence-electron chi connectivity index (χ0n) is 21.1. The third-order valence-corrected chi connectivity index (χ3v) is 8.64. The first kappa shape index (κ1) is 24.0. The van der Waals surface area contributed by atoms with Crippen molar-refractivity contribution in [1.82, 2.24) is 14.9 Å². The van der Waals surface area contributed by atoms with E-state index in [9.17, 15) is 9.90 Å². The molecular formula is C32H26BrN3O3. The summed E-state index contributed by atoms with van der Waals surface area (Å²) in [7, 11) is 0. The number of hydrogen-bond acceptors (Lipinski definition) is 3. The normalized spacial score (nSPS) is 18.0. The highest BCUT2D eigenvalue weighted by Crippen LogP contribution is 2.46. The van der Waals surface area contributed by atoms with Crippen molar-refractivity contribution in [3.05, 3.63) is 106 Å². The van der Waals surface area contributed by atoms with Crippen molar-refractivity contribution in [2.75, 3.05) is 0 Å². The van der Waals surface area contributed by atoms with Gasteiger partial charge in [-0.25, -0.2) is 9.78 Å². The molecule has 0 radical (unpaired) electrons. The third-order valence-electron chi connectivity index (χ3n) is 7.98. The number of hydrogen-bond donors (Lipinski definition) is 2. The highest BCUT2D eigenvalue weighted by Gasteiger charge is 2.39. The van der Waals surface area contributed by atoms with Crippen LogP contribution in [0.2, 0.25) is 0 Å². The number of carboxylic acid groups (broad SMARTS) is 1. The molecule has 1 fully saturated rings. The molecule has 39 heavy (non-hydrogen) atoms. The Morgan fingerprint density at radius 2 is 1.82 bits per heavy atom. The quantitative estimate of drug-likeness (QED) is 0.226. The van der Waals surface area contributed by atoms with E-state index >= 15 is 0 Å². The van der Waals surface area contributed by atoms with Crippen LogP contribution >= 0.6 is 15.9 Å². The van der Waals surface area contributed by atoms with E-state index in [0.717, 1.165) is 67.3 Å². The van der Waals surface area contributed by atoms with Gasteiger partial charge in [-0.2, -0.15) is 0 Å². The second-order valence-electron chi connectivity index (χ2n) is 10.2. The molecule has 194 valence electrons. The van der Waals surface area contributed by atoms with Gasteiger partial charge in [-0.3, -0.25) is 4.90 Å². The molecule has 0 bridgehead atoms. The zero-order chi connectivity index (χ0) is 26.5. The van der Waals surface area contributed by atoms with Crippen molar-refractivity contribution in [3.63, 3.8) is 0 Å². The van der Waals surface area contributed by atoms with Gasteiger partial charge in [-0.15, -0.1) is 0 Å². The van der Waals surface area contributed by atoms with Crippen LogP contribution in [0.4, 0.5) is 4.79 Å². The Balaban J connectivity index is 1.22. The molecule has 6 nitrogen and oxygen atoms in total. The molecule has 7 rings (SSSR count). The number of halogens is 1. The van der Waals surface area contributed by atoms with Crippen LogP contribution < -0.4 is 4.74 Å². The average Bonchev–Trinajstić information content (AvgIpc) is 3.61. The van der Waals surface area contributed by atoms with E-state index in [0.29, 0.717) is 18.9 Å². The van der Waals surface area contributed by atoms with Crippen LogP contribution in [0.15, 0.2) is 89.5 Å². The van der Waals surface area contributed by atoms with E-state index in [-0.39, 0.29) is 12.1 Å². The molecule has 1 aromatic heterocycles. The van der Waals surface area contributed by atoms with E-state index in [1.807, 2.05) is 36.5 Å². The number of ether oxygens (including phenoxy) is 1. The molecule has 0 aliphatic carbocycles. The third kappa shape index (κ3) is 4.17. The number of benzene rings is 4. The lowest BCUT2D eigenvalue weighted by Crippen LogP contribution is -2.37. The fraction of sp³-hybridized carbons (Fsp3) is 0.188. The number of aromatic nitrogens is 2. The molecule has 1 saturated heterocycles. The van der Waals surface area contributed by atoms with Crippen LogP contribution in [0.5, 0.6) is 5.75 Å². The number of amides is 1. The van der Waals surface area contributed by atoms with Gasteiger partial charge < -0.3 is 14.8 Å². The fourth-order valence-corrected chi connectivity index (χ4v) is 6.69. The minimum absolute atomic E-state index is 0.0729. The molecule has 2 aliphatic rings. The van der Waals surface area contributed by atoms with Gasteiger partial charge in [0.2, 0.25) is 0 Å². The summed E-state index contributed by atoms with van der Waals surface area (Å²) in [6.07, 6.45) is 3.17. The van der Waals surface area contributed by atoms with E-state index in [1.54, 1.807) is 4.90 Å². The van der Waals surface area contributed by atoms with Gasteiger partial charge in [0.1, 0.15) is 18.2 Å². The monoisotopic (exact) mass is 579 g/mol. The van der Waals surface area contributed by atoms with E-state index < -0.39 is 6.09 Å². The molecule has 2 atom stereocenters. The number of likely N-dealkylation sites (tertiary alicyclic amines) is 1. The maximum atomic E-state index is 12.3. The molecule has 4 aromatic carbocycles. The van der Waals surface area contributed by atoms with Crippen molar-refractivity contribution in [1.29, 1.82) is 0 Å². The van der Waals surface area contributed by atoms with E-state index in [4.69, 9.17) is 4.74 Å². The second-order valence-corrected chi connectivity index (χ2v) is 11.1. The van der Waals surface area contributed by atoms with E-state index in [2.05, 4.69) is 74.4 Å². The number of fused-ring (bicyclic) bond motifs is 5. The van der Waals surface area contributed by atoms with Gasteiger partial charge in [0.05, 0.1) is 17.9 Å². The van der Waals surface area contributed by atoms with Gasteiger partial charge >= 0.3 is 6.09 Å². The molecule has 3 heterocycles. The number of aromatic amines is 1. The summed E-state index contributed by atoms with van der Waals surface area (Å²) in [6, 6.07) is 26.5. The Morgan fingerprint density at radius 3 is 2.64 bits per heavy atom. The van der Waals surface area contributed by atoms with Crippen LogP contribution in [0.25, 0.3) is 33.2 Å². The van der Waals surface area contributed by atoms with Gasteiger partial charge in [0.15, 0.2) is 0 Å². The standard InChI is InChI=1S/C32H26BrN3O3/c33-26-16-29-30(24-9-5-4-8-23(24)26)25-15-20(10-11-21(25)18-39-29)27-17-34-31(35-27)28-13-12-22(36(28)32(37)38)14-19-6-2-1-3-7-19/h1-11,15-17,22,28H,12-14,18H2,(H,34,35)(H,37,38). The van der Waals surface area contributed by atoms with Crippen LogP contribution in [0.3, 0.4) is 0 Å². The number of rotatable bonds is 4. The predicted octanol–water partition coefficient (Wildman–Crippen LogP) is 7.98. The van der Waals surface area contributed by atoms with Crippen LogP contribution in [0.1, 0.15) is 35.8 Å². The summed E-state index contributed by atoms with van der Waals surface area (Å²) >= 11 is 3.70. The molecule has 0 saturated carbocycles. The second kappa shape index (κ2) is 9.58. The largest absolute Gasteiger partial charge is 0.488 e. The first-order valence-electron chi connectivity index (χ1n) is 13.1. The first-order valence-corrected chi connectivity index (χ1v) is 13.9. The number of nitrogens with one attached hydrogen (secondary N) is 1. The molecule has 2 N–H and O–H groups in total. The lowest BCUT2D eigenvalue weighted by molar-refractivity contribution is 0.120. The minimum atomic E-state index is -0.903. The summed E-state index contributed by atoms with van der Waals surface area (Å²) in [5.41, 5.74) is 6.40. The Bertz CT molecular complexity index is 1720. The lowest BCUT2D eigenvalue weighted by Gasteiger charge is -2.26. The topological polar surface area (TPSA) is 78.4 Å². The minimum Gasteiger partial charge on any atom is -0.488 e. The number of imidazole rings is 1. The number of carbonyl (C=O) groups is 1. The maximum absolute atomic E-state index is 12.3. The maximum Gasteiger partial charge on any atom is 0.408 e. The fourth-order valence-electron chi connectivity index (χ4n) is 6.14. The molecular weight excluding hydrogens is 554 g/mol. The first-order chi connectivity index (χ1) is 19.1. The average molecular weight is 580 g/mol.